The molecule has 0 radical (unpaired) electrons. The van der Waals surface area contributed by atoms with Crippen LogP contribution in [0.4, 0.5) is 10.1 Å². The fourth-order valence-corrected chi connectivity index (χ4v) is 7.57. The average molecular weight is 571 g/mol. The summed E-state index contributed by atoms with van der Waals surface area (Å²) in [4.78, 5) is 55.7. The predicted octanol–water partition coefficient (Wildman–Crippen LogP) is 0.566. The number of nitrogens with two attached hydrogens (primary N) is 1. The van der Waals surface area contributed by atoms with E-state index in [9.17, 15) is 39.6 Å². The van der Waals surface area contributed by atoms with Crippen molar-refractivity contribution in [2.45, 2.75) is 56.3 Å². The molecule has 41 heavy (non-hydrogen) atoms. The van der Waals surface area contributed by atoms with Crippen LogP contribution in [0, 0.1) is 17.7 Å². The van der Waals surface area contributed by atoms with E-state index in [1.165, 1.54) is 19.0 Å². The first kappa shape index (κ1) is 27.4. The maximum atomic E-state index is 16.3. The van der Waals surface area contributed by atoms with Crippen LogP contribution >= 0.6 is 0 Å². The first-order valence-electron chi connectivity index (χ1n) is 13.6. The number of benzene rings is 1. The molecule has 2 aliphatic heterocycles. The number of carbonyl (C=O) groups excluding carboxylic acids is 4. The van der Waals surface area contributed by atoms with Crippen LogP contribution in [-0.2, 0) is 27.3 Å². The Morgan fingerprint density at radius 2 is 1.85 bits per heavy atom. The summed E-state index contributed by atoms with van der Waals surface area (Å²) in [5, 5.41) is 47.8. The number of nitrogens with zero attached hydrogens (tertiary/aromatic N) is 2. The summed E-state index contributed by atoms with van der Waals surface area (Å²) in [6.07, 6.45) is 1.91. The molecule has 2 amide bonds. The SMILES string of the molecule is CN(C)[C@@H]1C(O)=C(C(N)=O)C(=O)[C@@]2(O)C(O)=C3C(=O)c4c(O)c5c(c(F)c4C[C@H]3C[C@@H]12)CN1CCCC[C@H]1C(=O)N5. The van der Waals surface area contributed by atoms with Gasteiger partial charge in [-0.25, -0.2) is 4.39 Å². The van der Waals surface area contributed by atoms with E-state index in [2.05, 4.69) is 5.32 Å². The van der Waals surface area contributed by atoms with Crippen molar-refractivity contribution < 1.29 is 44.0 Å². The molecule has 6 rings (SSSR count). The van der Waals surface area contributed by atoms with Gasteiger partial charge in [-0.2, -0.15) is 0 Å². The lowest BCUT2D eigenvalue weighted by Crippen LogP contribution is -2.63. The van der Waals surface area contributed by atoms with Crippen molar-refractivity contribution in [3.63, 3.8) is 0 Å². The maximum Gasteiger partial charge on any atom is 0.255 e. The molecule has 5 aliphatic rings. The monoisotopic (exact) mass is 570 g/mol. The number of hydrogen-bond acceptors (Lipinski definition) is 10. The Labute approximate surface area is 233 Å². The number of likely N-dealkylation sites (N-methyl/N-ethyl adjacent to an activating group) is 1. The van der Waals surface area contributed by atoms with Crippen molar-refractivity contribution in [2.75, 3.05) is 26.0 Å². The lowest BCUT2D eigenvalue weighted by Gasteiger charge is -2.50. The molecule has 13 heteroatoms. The number of carbonyl (C=O) groups is 4. The molecular formula is C28H31FN4O8. The number of phenols is 1. The van der Waals surface area contributed by atoms with Crippen molar-refractivity contribution in [1.29, 1.82) is 0 Å². The molecule has 1 fully saturated rings. The Balaban J connectivity index is 1.52. The molecule has 0 bridgehead atoms. The van der Waals surface area contributed by atoms with Gasteiger partial charge in [0.15, 0.2) is 17.1 Å². The van der Waals surface area contributed by atoms with Crippen LogP contribution in [0.1, 0.15) is 47.2 Å². The van der Waals surface area contributed by atoms with Gasteiger partial charge in [0.1, 0.15) is 22.9 Å². The normalized spacial score (nSPS) is 31.6. The summed E-state index contributed by atoms with van der Waals surface area (Å²) >= 11 is 0. The Hall–Kier alpha value is -3.81. The number of hydrogen-bond donors (Lipinski definition) is 6. The minimum atomic E-state index is -2.79. The second kappa shape index (κ2) is 9.10. The molecule has 1 aromatic rings. The van der Waals surface area contributed by atoms with E-state index in [1.54, 1.807) is 0 Å². The predicted molar refractivity (Wildman–Crippen MR) is 140 cm³/mol. The molecule has 0 unspecified atom stereocenters. The maximum absolute atomic E-state index is 16.3. The van der Waals surface area contributed by atoms with Gasteiger partial charge in [0.2, 0.25) is 11.7 Å². The molecule has 1 aromatic carbocycles. The van der Waals surface area contributed by atoms with Gasteiger partial charge in [0.25, 0.3) is 5.91 Å². The lowest BCUT2D eigenvalue weighted by atomic mass is 9.58. The number of aliphatic hydroxyl groups is 3. The van der Waals surface area contributed by atoms with Crippen LogP contribution < -0.4 is 11.1 Å². The van der Waals surface area contributed by atoms with Crippen LogP contribution in [0.25, 0.3) is 0 Å². The van der Waals surface area contributed by atoms with Crippen LogP contribution in [0.5, 0.6) is 5.75 Å². The third kappa shape index (κ3) is 3.55. The summed E-state index contributed by atoms with van der Waals surface area (Å²) in [6.45, 7) is 0.619. The van der Waals surface area contributed by atoms with Crippen LogP contribution in [0.2, 0.25) is 0 Å². The minimum Gasteiger partial charge on any atom is -0.510 e. The zero-order valence-electron chi connectivity index (χ0n) is 22.5. The second-order valence-corrected chi connectivity index (χ2v) is 11.8. The van der Waals surface area contributed by atoms with Gasteiger partial charge >= 0.3 is 0 Å². The van der Waals surface area contributed by atoms with Crippen LogP contribution in [0.15, 0.2) is 22.7 Å². The topological polar surface area (TPSA) is 194 Å². The van der Waals surface area contributed by atoms with Gasteiger partial charge in [-0.1, -0.05) is 6.42 Å². The number of allylic oxidation sites excluding steroid dienone is 1. The number of anilines is 1. The third-order valence-corrected chi connectivity index (χ3v) is 9.45. The highest BCUT2D eigenvalue weighted by atomic mass is 19.1. The number of primary amides is 1. The molecule has 0 aromatic heterocycles. The van der Waals surface area contributed by atoms with Crippen molar-refractivity contribution in [3.05, 3.63) is 45.2 Å². The average Bonchev–Trinajstić information content (AvgIpc) is 3.05. The molecule has 3 aliphatic carbocycles. The van der Waals surface area contributed by atoms with Gasteiger partial charge in [-0.05, 0) is 52.2 Å². The number of Topliss-reactive ketones (excluding diaryl/α,β-unsaturated/α-hetero) is 2. The molecule has 7 N–H and O–H groups in total. The number of amides is 2. The molecule has 5 atom stereocenters. The van der Waals surface area contributed by atoms with Crippen LogP contribution in [-0.4, -0.2) is 91.9 Å². The van der Waals surface area contributed by atoms with E-state index in [0.29, 0.717) is 13.0 Å². The largest absolute Gasteiger partial charge is 0.510 e. The zero-order valence-corrected chi connectivity index (χ0v) is 22.5. The fourth-order valence-electron chi connectivity index (χ4n) is 7.57. The number of fused-ring (bicyclic) bond motifs is 5. The molecule has 1 saturated heterocycles. The second-order valence-electron chi connectivity index (χ2n) is 11.8. The highest BCUT2D eigenvalue weighted by Gasteiger charge is 2.63. The van der Waals surface area contributed by atoms with Crippen molar-refractivity contribution in [2.24, 2.45) is 17.6 Å². The number of aromatic hydroxyl groups is 1. The lowest BCUT2D eigenvalue weighted by molar-refractivity contribution is -0.148. The molecule has 2 heterocycles. The van der Waals surface area contributed by atoms with Gasteiger partial charge in [0.05, 0.1) is 23.3 Å². The standard InChI is InChI=1S/C28H31FN4O8/c1-32(2)20-13-8-10-7-11-16(21(34)15(10)24(37)28(13,41)25(38)17(23(20)36)26(30)39)22(35)19-12(18(11)29)9-33-6-4-3-5-14(33)27(40)31-19/h10,13-14,20,35-37,41H,3-9H2,1-2H3,(H2,30,39)(H,31,40)/t10-,13-,14-,20-,28-/m0/s1. The van der Waals surface area contributed by atoms with E-state index >= 15 is 4.39 Å². The number of phenolic OH excluding ortho intramolecular Hbond substituents is 1. The third-order valence-electron chi connectivity index (χ3n) is 9.45. The smallest absolute Gasteiger partial charge is 0.255 e. The summed E-state index contributed by atoms with van der Waals surface area (Å²) in [5.74, 6) is -9.33. The summed E-state index contributed by atoms with van der Waals surface area (Å²) in [5.41, 5.74) is 0.532. The number of ketones is 2. The van der Waals surface area contributed by atoms with Gasteiger partial charge in [0, 0.05) is 29.2 Å². The highest BCUT2D eigenvalue weighted by molar-refractivity contribution is 6.25. The summed E-state index contributed by atoms with van der Waals surface area (Å²) in [7, 11) is 3.06. The molecule has 218 valence electrons. The molecule has 0 saturated carbocycles. The Morgan fingerprint density at radius 3 is 2.51 bits per heavy atom. The van der Waals surface area contributed by atoms with Crippen LogP contribution in [0.3, 0.4) is 0 Å². The summed E-state index contributed by atoms with van der Waals surface area (Å²) < 4.78 is 16.3. The molecule has 0 spiro atoms. The zero-order chi connectivity index (χ0) is 29.7. The first-order valence-corrected chi connectivity index (χ1v) is 13.6. The van der Waals surface area contributed by atoms with E-state index in [0.717, 1.165) is 12.8 Å². The van der Waals surface area contributed by atoms with E-state index in [1.807, 2.05) is 4.90 Å². The van der Waals surface area contributed by atoms with Crippen molar-refractivity contribution >= 4 is 29.1 Å². The van der Waals surface area contributed by atoms with Gasteiger partial charge in [-0.3, -0.25) is 29.0 Å². The number of rotatable bonds is 2. The van der Waals surface area contributed by atoms with Crippen molar-refractivity contribution in [1.82, 2.24) is 9.80 Å². The number of aliphatic hydroxyl groups excluding tert-OH is 2. The van der Waals surface area contributed by atoms with Gasteiger partial charge in [-0.15, -0.1) is 0 Å². The van der Waals surface area contributed by atoms with E-state index < -0.39 is 92.7 Å². The minimum absolute atomic E-state index is 0.0480. The quantitative estimate of drug-likeness (QED) is 0.216. The number of piperidine rings is 1. The Bertz CT molecular complexity index is 1520. The number of nitrogens with one attached hydrogen (secondary N) is 1. The molecule has 12 nitrogen and oxygen atoms in total. The first-order chi connectivity index (χ1) is 19.3. The van der Waals surface area contributed by atoms with E-state index in [4.69, 9.17) is 5.73 Å². The highest BCUT2D eigenvalue weighted by Crippen LogP contribution is 2.53. The summed E-state index contributed by atoms with van der Waals surface area (Å²) in [6, 6.07) is -1.65. The van der Waals surface area contributed by atoms with Crippen molar-refractivity contribution in [3.8, 4) is 5.75 Å². The molecular weight excluding hydrogens is 539 g/mol. The van der Waals surface area contributed by atoms with E-state index in [-0.39, 0.29) is 36.2 Å². The Morgan fingerprint density at radius 1 is 1.15 bits per heavy atom. The van der Waals surface area contributed by atoms with Gasteiger partial charge < -0.3 is 31.5 Å². The fraction of sp³-hybridized carbons (Fsp3) is 0.500. The number of halogens is 1. The Kier molecular flexibility index (Phi) is 6.07.